The lowest BCUT2D eigenvalue weighted by Gasteiger charge is -2.26. The van der Waals surface area contributed by atoms with Gasteiger partial charge in [-0.25, -0.2) is 4.79 Å². The number of hydrogen-bond acceptors (Lipinski definition) is 5. The van der Waals surface area contributed by atoms with Crippen LogP contribution in [0.4, 0.5) is 0 Å². The third kappa shape index (κ3) is 5.95. The molecule has 6 heteroatoms. The molecule has 1 saturated heterocycles. The molecule has 2 rings (SSSR count). The van der Waals surface area contributed by atoms with E-state index in [4.69, 9.17) is 9.84 Å². The van der Waals surface area contributed by atoms with Gasteiger partial charge in [0.05, 0.1) is 5.56 Å². The van der Waals surface area contributed by atoms with Crippen LogP contribution in [0.15, 0.2) is 24.3 Å². The van der Waals surface area contributed by atoms with Crippen molar-refractivity contribution in [2.24, 2.45) is 0 Å². The molecule has 1 aromatic carbocycles. The average Bonchev–Trinajstić information content (AvgIpc) is 2.52. The predicted octanol–water partition coefficient (Wildman–Crippen LogP) is 1.40. The van der Waals surface area contributed by atoms with E-state index < -0.39 is 5.97 Å². The second-order valence-corrected chi connectivity index (χ2v) is 6.11. The number of carboxylic acids is 1. The Balaban J connectivity index is 1.57. The first-order valence-corrected chi connectivity index (χ1v) is 8.38. The van der Waals surface area contributed by atoms with E-state index >= 15 is 0 Å². The SMILES string of the molecule is O=C(O)c1cccc(OCCNCCN2CCSCC2)c1. The van der Waals surface area contributed by atoms with Gasteiger partial charge in [0.25, 0.3) is 0 Å². The van der Waals surface area contributed by atoms with E-state index in [0.29, 0.717) is 12.4 Å². The Kier molecular flexibility index (Phi) is 6.85. The predicted molar refractivity (Wildman–Crippen MR) is 85.5 cm³/mol. The minimum Gasteiger partial charge on any atom is -0.492 e. The number of nitrogens with zero attached hydrogens (tertiary/aromatic N) is 1. The summed E-state index contributed by atoms with van der Waals surface area (Å²) in [5, 5.41) is 12.3. The fraction of sp³-hybridized carbons (Fsp3) is 0.533. The van der Waals surface area contributed by atoms with E-state index in [-0.39, 0.29) is 5.56 Å². The fourth-order valence-electron chi connectivity index (χ4n) is 2.15. The lowest BCUT2D eigenvalue weighted by Crippen LogP contribution is -2.38. The van der Waals surface area contributed by atoms with Gasteiger partial charge in [0.15, 0.2) is 0 Å². The van der Waals surface area contributed by atoms with Crippen molar-refractivity contribution in [1.82, 2.24) is 10.2 Å². The molecule has 2 N–H and O–H groups in total. The van der Waals surface area contributed by atoms with Crippen molar-refractivity contribution in [3.05, 3.63) is 29.8 Å². The van der Waals surface area contributed by atoms with E-state index in [1.54, 1.807) is 24.3 Å². The van der Waals surface area contributed by atoms with Crippen LogP contribution in [0.25, 0.3) is 0 Å². The molecule has 0 bridgehead atoms. The fourth-order valence-corrected chi connectivity index (χ4v) is 3.13. The summed E-state index contributed by atoms with van der Waals surface area (Å²) < 4.78 is 5.55. The van der Waals surface area contributed by atoms with Gasteiger partial charge in [-0.1, -0.05) is 6.07 Å². The average molecular weight is 310 g/mol. The number of rotatable bonds is 8. The van der Waals surface area contributed by atoms with Gasteiger partial charge in [-0.15, -0.1) is 0 Å². The van der Waals surface area contributed by atoms with Crippen molar-refractivity contribution in [3.63, 3.8) is 0 Å². The van der Waals surface area contributed by atoms with Crippen LogP contribution in [0.3, 0.4) is 0 Å². The largest absolute Gasteiger partial charge is 0.492 e. The minimum absolute atomic E-state index is 0.253. The summed E-state index contributed by atoms with van der Waals surface area (Å²) in [6.45, 7) is 5.71. The van der Waals surface area contributed by atoms with Crippen LogP contribution >= 0.6 is 11.8 Å². The first-order valence-electron chi connectivity index (χ1n) is 7.23. The molecule has 1 fully saturated rings. The molecule has 0 radical (unpaired) electrons. The van der Waals surface area contributed by atoms with Gasteiger partial charge in [0, 0.05) is 44.2 Å². The Morgan fingerprint density at radius 3 is 2.90 bits per heavy atom. The van der Waals surface area contributed by atoms with E-state index in [1.807, 2.05) is 11.8 Å². The molecule has 0 amide bonds. The summed E-state index contributed by atoms with van der Waals surface area (Å²) in [7, 11) is 0. The molecule has 0 atom stereocenters. The Hall–Kier alpha value is -1.24. The lowest BCUT2D eigenvalue weighted by molar-refractivity contribution is 0.0696. The maximum absolute atomic E-state index is 10.8. The standard InChI is InChI=1S/C15H22N2O3S/c18-15(19)13-2-1-3-14(12-13)20-9-5-16-4-6-17-7-10-21-11-8-17/h1-3,12,16H,4-11H2,(H,18,19). The highest BCUT2D eigenvalue weighted by molar-refractivity contribution is 7.99. The monoisotopic (exact) mass is 310 g/mol. The lowest BCUT2D eigenvalue weighted by atomic mass is 10.2. The quantitative estimate of drug-likeness (QED) is 0.708. The second kappa shape index (κ2) is 8.92. The number of aromatic carboxylic acids is 1. The summed E-state index contributed by atoms with van der Waals surface area (Å²) in [5.41, 5.74) is 0.253. The van der Waals surface area contributed by atoms with Crippen LogP contribution in [0, 0.1) is 0 Å². The van der Waals surface area contributed by atoms with Crippen molar-refractivity contribution in [3.8, 4) is 5.75 Å². The summed E-state index contributed by atoms with van der Waals surface area (Å²) in [6, 6.07) is 6.58. The van der Waals surface area contributed by atoms with Gasteiger partial charge >= 0.3 is 5.97 Å². The molecule has 0 aliphatic carbocycles. The zero-order chi connectivity index (χ0) is 14.9. The summed E-state index contributed by atoms with van der Waals surface area (Å²) >= 11 is 2.02. The molecular weight excluding hydrogens is 288 g/mol. The van der Waals surface area contributed by atoms with E-state index in [0.717, 1.165) is 19.6 Å². The van der Waals surface area contributed by atoms with Crippen molar-refractivity contribution in [1.29, 1.82) is 0 Å². The van der Waals surface area contributed by atoms with Gasteiger partial charge in [-0.05, 0) is 18.2 Å². The maximum Gasteiger partial charge on any atom is 0.335 e. The number of thioether (sulfide) groups is 1. The molecule has 0 unspecified atom stereocenters. The second-order valence-electron chi connectivity index (χ2n) is 4.89. The van der Waals surface area contributed by atoms with Gasteiger partial charge in [-0.2, -0.15) is 11.8 Å². The number of ether oxygens (including phenoxy) is 1. The zero-order valence-electron chi connectivity index (χ0n) is 12.1. The molecule has 1 aliphatic rings. The van der Waals surface area contributed by atoms with Crippen LogP contribution in [0.2, 0.25) is 0 Å². The van der Waals surface area contributed by atoms with E-state index in [2.05, 4.69) is 10.2 Å². The number of nitrogens with one attached hydrogen (secondary N) is 1. The number of carbonyl (C=O) groups is 1. The zero-order valence-corrected chi connectivity index (χ0v) is 12.9. The van der Waals surface area contributed by atoms with E-state index in [9.17, 15) is 4.79 Å². The number of carboxylic acid groups (broad SMARTS) is 1. The highest BCUT2D eigenvalue weighted by atomic mass is 32.2. The summed E-state index contributed by atoms with van der Waals surface area (Å²) in [6.07, 6.45) is 0. The maximum atomic E-state index is 10.8. The van der Waals surface area contributed by atoms with Crippen molar-refractivity contribution >= 4 is 17.7 Å². The Morgan fingerprint density at radius 1 is 1.33 bits per heavy atom. The van der Waals surface area contributed by atoms with Crippen molar-refractivity contribution in [2.75, 3.05) is 50.8 Å². The summed E-state index contributed by atoms with van der Waals surface area (Å²) in [5.74, 6) is 2.15. The molecule has 0 saturated carbocycles. The topological polar surface area (TPSA) is 61.8 Å². The molecule has 21 heavy (non-hydrogen) atoms. The molecule has 1 aliphatic heterocycles. The third-order valence-corrected chi connectivity index (χ3v) is 4.28. The van der Waals surface area contributed by atoms with Gasteiger partial charge < -0.3 is 20.1 Å². The molecular formula is C15H22N2O3S. The first kappa shape index (κ1) is 16.1. The molecule has 0 aromatic heterocycles. The highest BCUT2D eigenvalue weighted by Gasteiger charge is 2.09. The number of benzene rings is 1. The molecule has 1 heterocycles. The Labute approximate surface area is 129 Å². The summed E-state index contributed by atoms with van der Waals surface area (Å²) in [4.78, 5) is 13.3. The normalized spacial score (nSPS) is 15.8. The van der Waals surface area contributed by atoms with Crippen LogP contribution in [-0.2, 0) is 0 Å². The smallest absolute Gasteiger partial charge is 0.335 e. The van der Waals surface area contributed by atoms with Gasteiger partial charge in [0.1, 0.15) is 12.4 Å². The number of hydrogen-bond donors (Lipinski definition) is 2. The van der Waals surface area contributed by atoms with Gasteiger partial charge in [-0.3, -0.25) is 0 Å². The molecule has 5 nitrogen and oxygen atoms in total. The first-order chi connectivity index (χ1) is 10.3. The van der Waals surface area contributed by atoms with Crippen LogP contribution in [0.1, 0.15) is 10.4 Å². The van der Waals surface area contributed by atoms with Crippen LogP contribution < -0.4 is 10.1 Å². The third-order valence-electron chi connectivity index (χ3n) is 3.34. The molecule has 116 valence electrons. The van der Waals surface area contributed by atoms with Crippen molar-refractivity contribution in [2.45, 2.75) is 0 Å². The molecule has 0 spiro atoms. The van der Waals surface area contributed by atoms with Gasteiger partial charge in [0.2, 0.25) is 0 Å². The Bertz CT molecular complexity index is 450. The highest BCUT2D eigenvalue weighted by Crippen LogP contribution is 2.13. The molecule has 1 aromatic rings. The van der Waals surface area contributed by atoms with Crippen LogP contribution in [-0.4, -0.2) is 66.8 Å². The van der Waals surface area contributed by atoms with Crippen molar-refractivity contribution < 1.29 is 14.6 Å². The minimum atomic E-state index is -0.932. The Morgan fingerprint density at radius 2 is 2.14 bits per heavy atom. The van der Waals surface area contributed by atoms with E-state index in [1.165, 1.54) is 24.6 Å². The van der Waals surface area contributed by atoms with Crippen LogP contribution in [0.5, 0.6) is 5.75 Å².